The lowest BCUT2D eigenvalue weighted by atomic mass is 9.65. The van der Waals surface area contributed by atoms with Gasteiger partial charge in [0.25, 0.3) is 0 Å². The Bertz CT molecular complexity index is 1330. The molecule has 2 aliphatic rings. The molecule has 4 rings (SSSR count). The van der Waals surface area contributed by atoms with Gasteiger partial charge in [-0.05, 0) is 75.2 Å². The molecule has 0 bridgehead atoms. The largest absolute Gasteiger partial charge is 0.493 e. The van der Waals surface area contributed by atoms with Gasteiger partial charge in [0.1, 0.15) is 6.07 Å². The second-order valence-electron chi connectivity index (χ2n) is 9.84. The van der Waals surface area contributed by atoms with Crippen LogP contribution in [0.25, 0.3) is 0 Å². The quantitative estimate of drug-likeness (QED) is 0.499. The van der Waals surface area contributed by atoms with Crippen LogP contribution in [0.15, 0.2) is 36.4 Å². The lowest BCUT2D eigenvalue weighted by Crippen LogP contribution is -2.54. The molecule has 214 valence electrons. The van der Waals surface area contributed by atoms with Crippen LogP contribution in [0.3, 0.4) is 0 Å². The number of halogens is 4. The Morgan fingerprint density at radius 1 is 1.15 bits per heavy atom. The fraction of sp³-hybridized carbons (Fsp3) is 0.444. The monoisotopic (exact) mass is 580 g/mol. The zero-order chi connectivity index (χ0) is 29.2. The van der Waals surface area contributed by atoms with Gasteiger partial charge in [0.15, 0.2) is 11.5 Å². The minimum atomic E-state index is -5.34. The number of amides is 2. The van der Waals surface area contributed by atoms with Crippen molar-refractivity contribution < 1.29 is 37.1 Å². The number of benzene rings is 2. The Labute approximate surface area is 234 Å². The highest BCUT2D eigenvalue weighted by Gasteiger charge is 2.51. The maximum Gasteiger partial charge on any atom is 0.493 e. The average molecular weight is 581 g/mol. The first-order valence-corrected chi connectivity index (χ1v) is 12.8. The van der Waals surface area contributed by atoms with Crippen LogP contribution in [0.2, 0.25) is 5.02 Å². The van der Waals surface area contributed by atoms with Gasteiger partial charge in [-0.25, -0.2) is 9.59 Å². The molecule has 2 aromatic rings. The number of hydrogen-bond donors (Lipinski definition) is 1. The Morgan fingerprint density at radius 2 is 1.88 bits per heavy atom. The molecule has 3 atom stereocenters. The number of hydrogen-bond acceptors (Lipinski definition) is 7. The van der Waals surface area contributed by atoms with Crippen molar-refractivity contribution >= 4 is 29.3 Å². The van der Waals surface area contributed by atoms with Gasteiger partial charge in [-0.3, -0.25) is 0 Å². The van der Waals surface area contributed by atoms with Crippen LogP contribution in [0, 0.1) is 11.3 Å². The van der Waals surface area contributed by atoms with Gasteiger partial charge in [-0.2, -0.15) is 18.4 Å². The summed E-state index contributed by atoms with van der Waals surface area (Å²) in [5, 5.41) is 11.9. The average Bonchev–Trinajstić information content (AvgIpc) is 3.27. The van der Waals surface area contributed by atoms with Gasteiger partial charge in [-0.15, -0.1) is 5.06 Å². The molecule has 2 fully saturated rings. The molecule has 1 N–H and O–H groups in total. The zero-order valence-corrected chi connectivity index (χ0v) is 22.8. The van der Waals surface area contributed by atoms with Crippen molar-refractivity contribution in [3.63, 3.8) is 0 Å². The van der Waals surface area contributed by atoms with Crippen molar-refractivity contribution in [2.45, 2.75) is 49.4 Å². The minimum absolute atomic E-state index is 0.0141. The Kier molecular flexibility index (Phi) is 8.37. The van der Waals surface area contributed by atoms with Crippen LogP contribution < -0.4 is 19.9 Å². The first kappa shape index (κ1) is 29.3. The Balaban J connectivity index is 1.57. The number of rotatable bonds is 5. The molecule has 1 aliphatic heterocycles. The number of ether oxygens (including phenoxy) is 2. The summed E-state index contributed by atoms with van der Waals surface area (Å²) in [6.45, 7) is 0.818. The summed E-state index contributed by atoms with van der Waals surface area (Å²) in [6.07, 6.45) is -2.74. The number of nitrogens with one attached hydrogen (secondary N) is 1. The van der Waals surface area contributed by atoms with E-state index < -0.39 is 24.2 Å². The van der Waals surface area contributed by atoms with Crippen LogP contribution in [-0.2, 0) is 15.0 Å². The summed E-state index contributed by atoms with van der Waals surface area (Å²) in [4.78, 5) is 31.6. The fourth-order valence-electron chi connectivity index (χ4n) is 5.69. The van der Waals surface area contributed by atoms with E-state index in [0.717, 1.165) is 24.6 Å². The molecule has 2 amide bonds. The maximum absolute atomic E-state index is 13.2. The second kappa shape index (κ2) is 11.4. The van der Waals surface area contributed by atoms with E-state index in [4.69, 9.17) is 26.3 Å². The molecule has 0 unspecified atom stereocenters. The van der Waals surface area contributed by atoms with E-state index in [1.807, 2.05) is 31.3 Å². The molecule has 0 radical (unpaired) electrons. The van der Waals surface area contributed by atoms with Crippen LogP contribution in [0.1, 0.15) is 36.8 Å². The molecule has 2 aromatic carbocycles. The normalized spacial score (nSPS) is 22.6. The highest BCUT2D eigenvalue weighted by atomic mass is 35.5. The summed E-state index contributed by atoms with van der Waals surface area (Å²) in [5.74, 6) is -1.35. The number of fused-ring (bicyclic) bond motifs is 1. The predicted molar refractivity (Wildman–Crippen MR) is 139 cm³/mol. The summed E-state index contributed by atoms with van der Waals surface area (Å²) in [7, 11) is 5.13. The van der Waals surface area contributed by atoms with E-state index in [0.29, 0.717) is 30.8 Å². The van der Waals surface area contributed by atoms with E-state index in [2.05, 4.69) is 15.1 Å². The zero-order valence-electron chi connectivity index (χ0n) is 22.0. The number of alkyl halides is 3. The van der Waals surface area contributed by atoms with Gasteiger partial charge in [0.2, 0.25) is 0 Å². The Hall–Kier alpha value is -3.69. The number of carbonyl (C=O) groups excluding carboxylic acids is 2. The molecule has 1 heterocycles. The third-order valence-corrected chi connectivity index (χ3v) is 8.02. The smallest absolute Gasteiger partial charge is 0.493 e. The molecular formula is C27H28ClF3N4O5. The van der Waals surface area contributed by atoms with Crippen LogP contribution in [0.4, 0.5) is 23.7 Å². The molecule has 0 aromatic heterocycles. The predicted octanol–water partition coefficient (Wildman–Crippen LogP) is 4.96. The van der Waals surface area contributed by atoms with Gasteiger partial charge in [-0.1, -0.05) is 17.7 Å². The highest BCUT2D eigenvalue weighted by molar-refractivity contribution is 6.32. The van der Waals surface area contributed by atoms with E-state index >= 15 is 0 Å². The van der Waals surface area contributed by atoms with Gasteiger partial charge in [0, 0.05) is 17.5 Å². The van der Waals surface area contributed by atoms with Crippen molar-refractivity contribution in [2.75, 3.05) is 32.9 Å². The van der Waals surface area contributed by atoms with E-state index in [-0.39, 0.29) is 32.8 Å². The Morgan fingerprint density at radius 3 is 2.50 bits per heavy atom. The molecule has 1 saturated carbocycles. The van der Waals surface area contributed by atoms with E-state index in [1.165, 1.54) is 12.1 Å². The number of methoxy groups -OCH3 is 2. The van der Waals surface area contributed by atoms with Crippen LogP contribution in [-0.4, -0.2) is 63.0 Å². The number of anilines is 1. The van der Waals surface area contributed by atoms with E-state index in [1.54, 1.807) is 14.2 Å². The van der Waals surface area contributed by atoms with Crippen molar-refractivity contribution in [1.82, 2.24) is 10.2 Å². The van der Waals surface area contributed by atoms with Gasteiger partial charge in [0.05, 0.1) is 30.5 Å². The fourth-order valence-corrected chi connectivity index (χ4v) is 5.91. The molecule has 13 heteroatoms. The first-order chi connectivity index (χ1) is 18.9. The van der Waals surface area contributed by atoms with Crippen molar-refractivity contribution in [1.29, 1.82) is 5.26 Å². The molecular weight excluding hydrogens is 553 g/mol. The molecule has 9 nitrogen and oxygen atoms in total. The third kappa shape index (κ3) is 5.62. The summed E-state index contributed by atoms with van der Waals surface area (Å²) in [5.41, 5.74) is 0.652. The van der Waals surface area contributed by atoms with Crippen molar-refractivity contribution in [2.24, 2.45) is 0 Å². The number of hydroxylamine groups is 1. The SMILES string of the molecule is COc1ccc([C@]23CC[C@H](NC(=O)N(OC(=O)C(F)(F)F)c4ccc(C#N)c(Cl)c4)C[C@H]2N(C)CC3)cc1OC. The first-order valence-electron chi connectivity index (χ1n) is 12.5. The van der Waals surface area contributed by atoms with Gasteiger partial charge < -0.3 is 24.5 Å². The number of likely N-dealkylation sites (N-methyl/N-ethyl adjacent to an activating group) is 1. The van der Waals surface area contributed by atoms with E-state index in [9.17, 15) is 22.8 Å². The number of carbonyl (C=O) groups is 2. The van der Waals surface area contributed by atoms with Crippen molar-refractivity contribution in [3.8, 4) is 17.6 Å². The lowest BCUT2D eigenvalue weighted by molar-refractivity contribution is -0.199. The lowest BCUT2D eigenvalue weighted by Gasteiger charge is -2.45. The topological polar surface area (TPSA) is 104 Å². The number of urea groups is 1. The van der Waals surface area contributed by atoms with Crippen LogP contribution >= 0.6 is 11.6 Å². The number of nitrogens with zero attached hydrogens (tertiary/aromatic N) is 3. The maximum atomic E-state index is 13.2. The second-order valence-corrected chi connectivity index (χ2v) is 10.2. The summed E-state index contributed by atoms with van der Waals surface area (Å²) >= 11 is 6.02. The number of likely N-dealkylation sites (tertiary alicyclic amines) is 1. The van der Waals surface area contributed by atoms with Crippen molar-refractivity contribution in [3.05, 3.63) is 52.5 Å². The number of nitriles is 1. The highest BCUT2D eigenvalue weighted by Crippen LogP contribution is 2.50. The third-order valence-electron chi connectivity index (χ3n) is 7.71. The standard InChI is InChI=1S/C27H28ClF3N4O5/c1-34-11-10-26(17-5-7-21(38-2)22(12-17)39-3)9-8-18(13-23(26)34)33-25(37)35(40-24(36)27(29,30)31)19-6-4-16(15-32)20(28)14-19/h4-7,12,14,18,23H,8-11,13H2,1-3H3,(H,33,37)/t18-,23+,26+/m0/s1. The van der Waals surface area contributed by atoms with Gasteiger partial charge >= 0.3 is 18.2 Å². The summed E-state index contributed by atoms with van der Waals surface area (Å²) < 4.78 is 49.9. The molecule has 40 heavy (non-hydrogen) atoms. The molecule has 0 spiro atoms. The van der Waals surface area contributed by atoms with Crippen LogP contribution in [0.5, 0.6) is 11.5 Å². The molecule has 1 saturated heterocycles. The molecule has 1 aliphatic carbocycles. The minimum Gasteiger partial charge on any atom is -0.493 e. The summed E-state index contributed by atoms with van der Waals surface area (Å²) in [6, 6.07) is 9.65.